The number of amides is 2. The average Bonchev–Trinajstić information content (AvgIpc) is 2.67. The van der Waals surface area contributed by atoms with Crippen molar-refractivity contribution in [2.75, 3.05) is 39.3 Å². The molecule has 142 valence electrons. The van der Waals surface area contributed by atoms with E-state index in [2.05, 4.69) is 6.92 Å². The van der Waals surface area contributed by atoms with Crippen LogP contribution in [0.3, 0.4) is 0 Å². The number of hydrogen-bond acceptors (Lipinski definition) is 4. The number of rotatable bonds is 4. The molecule has 0 N–H and O–H groups in total. The van der Waals surface area contributed by atoms with Gasteiger partial charge in [0.1, 0.15) is 0 Å². The molecule has 0 aliphatic carbocycles. The highest BCUT2D eigenvalue weighted by atomic mass is 32.2. The summed E-state index contributed by atoms with van der Waals surface area (Å²) in [5, 5.41) is 0. The van der Waals surface area contributed by atoms with Crippen molar-refractivity contribution in [1.82, 2.24) is 14.1 Å². The van der Waals surface area contributed by atoms with Crippen LogP contribution in [0.15, 0.2) is 29.2 Å². The van der Waals surface area contributed by atoms with Crippen molar-refractivity contribution in [2.45, 2.75) is 24.7 Å². The molecule has 1 unspecified atom stereocenters. The quantitative estimate of drug-likeness (QED) is 0.732. The number of benzene rings is 1. The van der Waals surface area contributed by atoms with Crippen molar-refractivity contribution < 1.29 is 18.0 Å². The highest BCUT2D eigenvalue weighted by Crippen LogP contribution is 2.22. The first-order valence-corrected chi connectivity index (χ1v) is 10.4. The lowest BCUT2D eigenvalue weighted by atomic mass is 9.99. The second-order valence-corrected chi connectivity index (χ2v) is 9.01. The second kappa shape index (κ2) is 7.75. The predicted molar refractivity (Wildman–Crippen MR) is 97.1 cm³/mol. The van der Waals surface area contributed by atoms with Gasteiger partial charge < -0.3 is 9.80 Å². The van der Waals surface area contributed by atoms with Crippen LogP contribution >= 0.6 is 0 Å². The summed E-state index contributed by atoms with van der Waals surface area (Å²) in [5.41, 5.74) is 0.409. The lowest BCUT2D eigenvalue weighted by Gasteiger charge is -2.32. The van der Waals surface area contributed by atoms with Crippen molar-refractivity contribution in [2.24, 2.45) is 5.92 Å². The molecular weight excluding hydrogens is 354 g/mol. The first-order chi connectivity index (χ1) is 12.4. The van der Waals surface area contributed by atoms with E-state index >= 15 is 0 Å². The molecule has 0 aromatic heterocycles. The van der Waals surface area contributed by atoms with E-state index in [1.165, 1.54) is 16.4 Å². The molecule has 1 atom stereocenters. The number of nitrogens with zero attached hydrogens (tertiary/aromatic N) is 3. The molecule has 0 spiro atoms. The Morgan fingerprint density at radius 2 is 1.88 bits per heavy atom. The molecule has 7 nitrogen and oxygen atoms in total. The molecule has 2 fully saturated rings. The van der Waals surface area contributed by atoms with Gasteiger partial charge in [0.25, 0.3) is 5.91 Å². The van der Waals surface area contributed by atoms with E-state index in [1.54, 1.807) is 17.0 Å². The van der Waals surface area contributed by atoms with E-state index in [0.29, 0.717) is 37.7 Å². The van der Waals surface area contributed by atoms with Crippen LogP contribution in [0, 0.1) is 5.92 Å². The Balaban J connectivity index is 1.78. The summed E-state index contributed by atoms with van der Waals surface area (Å²) in [6, 6.07) is 6.29. The Bertz CT molecular complexity index is 772. The largest absolute Gasteiger partial charge is 0.343 e. The Morgan fingerprint density at radius 1 is 1.15 bits per heavy atom. The van der Waals surface area contributed by atoms with Gasteiger partial charge >= 0.3 is 0 Å². The number of sulfonamides is 1. The van der Waals surface area contributed by atoms with Crippen molar-refractivity contribution in [1.29, 1.82) is 0 Å². The van der Waals surface area contributed by atoms with Crippen LogP contribution in [0.25, 0.3) is 0 Å². The van der Waals surface area contributed by atoms with Gasteiger partial charge in [0.15, 0.2) is 0 Å². The van der Waals surface area contributed by atoms with Gasteiger partial charge in [-0.1, -0.05) is 13.0 Å². The van der Waals surface area contributed by atoms with Crippen LogP contribution in [-0.2, 0) is 14.8 Å². The Morgan fingerprint density at radius 3 is 2.54 bits per heavy atom. The number of likely N-dealkylation sites (tertiary alicyclic amines) is 1. The average molecular weight is 379 g/mol. The number of hydrogen-bond donors (Lipinski definition) is 0. The van der Waals surface area contributed by atoms with Gasteiger partial charge in [-0.05, 0) is 37.0 Å². The molecule has 0 saturated carbocycles. The maximum atomic E-state index is 12.9. The van der Waals surface area contributed by atoms with Crippen LogP contribution in [0.4, 0.5) is 0 Å². The summed E-state index contributed by atoms with van der Waals surface area (Å²) >= 11 is 0. The van der Waals surface area contributed by atoms with Crippen molar-refractivity contribution >= 4 is 22.3 Å². The first-order valence-electron chi connectivity index (χ1n) is 9.00. The fourth-order valence-corrected chi connectivity index (χ4v) is 5.01. The maximum absolute atomic E-state index is 12.9. The molecule has 1 aromatic rings. The lowest BCUT2D eigenvalue weighted by molar-refractivity contribution is -0.119. The van der Waals surface area contributed by atoms with Gasteiger partial charge in [-0.3, -0.25) is 9.59 Å². The van der Waals surface area contributed by atoms with E-state index in [9.17, 15) is 18.0 Å². The van der Waals surface area contributed by atoms with Crippen LogP contribution in [0.5, 0.6) is 0 Å². The third kappa shape index (κ3) is 3.91. The van der Waals surface area contributed by atoms with Crippen LogP contribution in [-0.4, -0.2) is 74.1 Å². The zero-order chi connectivity index (χ0) is 18.7. The minimum atomic E-state index is -3.67. The third-order valence-electron chi connectivity index (χ3n) is 5.09. The first kappa shape index (κ1) is 18.8. The fourth-order valence-electron chi connectivity index (χ4n) is 3.54. The third-order valence-corrected chi connectivity index (χ3v) is 6.98. The van der Waals surface area contributed by atoms with E-state index in [4.69, 9.17) is 0 Å². The summed E-state index contributed by atoms with van der Waals surface area (Å²) in [7, 11) is -3.67. The number of carbonyl (C=O) groups excluding carboxylic acids is 2. The van der Waals surface area contributed by atoms with E-state index in [1.807, 2.05) is 4.90 Å². The number of carbonyl (C=O) groups is 2. The molecular formula is C18H25N3O4S. The van der Waals surface area contributed by atoms with Gasteiger partial charge in [-0.25, -0.2) is 8.42 Å². The highest BCUT2D eigenvalue weighted by Gasteiger charge is 2.29. The molecule has 2 heterocycles. The molecule has 2 saturated heterocycles. The van der Waals surface area contributed by atoms with Gasteiger partial charge in [-0.15, -0.1) is 0 Å². The van der Waals surface area contributed by atoms with Crippen LogP contribution in [0.1, 0.15) is 30.1 Å². The SMILES string of the molecule is CC1CCCN(C(=O)c2cccc(S(=O)(=O)N3CCN(C=O)CC3)c2)C1. The molecule has 8 heteroatoms. The fraction of sp³-hybridized carbons (Fsp3) is 0.556. The predicted octanol–water partition coefficient (Wildman–Crippen LogP) is 1.02. The van der Waals surface area contributed by atoms with Gasteiger partial charge in [0.05, 0.1) is 4.90 Å². The normalized spacial score (nSPS) is 22.3. The minimum absolute atomic E-state index is 0.112. The lowest BCUT2D eigenvalue weighted by Crippen LogP contribution is -2.48. The summed E-state index contributed by atoms with van der Waals surface area (Å²) in [5.74, 6) is 0.355. The molecule has 2 aliphatic rings. The maximum Gasteiger partial charge on any atom is 0.253 e. The second-order valence-electron chi connectivity index (χ2n) is 7.07. The zero-order valence-electron chi connectivity index (χ0n) is 15.0. The smallest absolute Gasteiger partial charge is 0.253 e. The summed E-state index contributed by atoms with van der Waals surface area (Å²) < 4.78 is 27.1. The van der Waals surface area contributed by atoms with E-state index < -0.39 is 10.0 Å². The molecule has 0 radical (unpaired) electrons. The standard InChI is InChI=1S/C18H25N3O4S/c1-15-4-3-7-20(13-15)18(23)16-5-2-6-17(12-16)26(24,25)21-10-8-19(14-22)9-11-21/h2,5-6,12,14-15H,3-4,7-11,13H2,1H3. The summed E-state index contributed by atoms with van der Waals surface area (Å²) in [6.07, 6.45) is 2.83. The van der Waals surface area contributed by atoms with Crippen molar-refractivity contribution in [3.8, 4) is 0 Å². The van der Waals surface area contributed by atoms with Crippen molar-refractivity contribution in [3.05, 3.63) is 29.8 Å². The Hall–Kier alpha value is -1.93. The van der Waals surface area contributed by atoms with Crippen LogP contribution < -0.4 is 0 Å². The molecule has 1 aromatic carbocycles. The topological polar surface area (TPSA) is 78.0 Å². The molecule has 26 heavy (non-hydrogen) atoms. The summed E-state index contributed by atoms with van der Waals surface area (Å²) in [4.78, 5) is 27.0. The van der Waals surface area contributed by atoms with Gasteiger partial charge in [0.2, 0.25) is 16.4 Å². The number of piperazine rings is 1. The highest BCUT2D eigenvalue weighted by molar-refractivity contribution is 7.89. The molecule has 2 aliphatic heterocycles. The monoisotopic (exact) mass is 379 g/mol. The van der Waals surface area contributed by atoms with Gasteiger partial charge in [-0.2, -0.15) is 4.31 Å². The Labute approximate surface area is 154 Å². The molecule has 2 amide bonds. The molecule has 0 bridgehead atoms. The minimum Gasteiger partial charge on any atom is -0.343 e. The Kier molecular flexibility index (Phi) is 5.62. The number of piperidine rings is 1. The zero-order valence-corrected chi connectivity index (χ0v) is 15.8. The summed E-state index contributed by atoms with van der Waals surface area (Å²) in [6.45, 7) is 4.85. The van der Waals surface area contributed by atoms with Crippen molar-refractivity contribution in [3.63, 3.8) is 0 Å². The van der Waals surface area contributed by atoms with Crippen LogP contribution in [0.2, 0.25) is 0 Å². The van der Waals surface area contributed by atoms with E-state index in [0.717, 1.165) is 19.3 Å². The molecule has 3 rings (SSSR count). The van der Waals surface area contributed by atoms with E-state index in [-0.39, 0.29) is 23.9 Å². The van der Waals surface area contributed by atoms with Gasteiger partial charge in [0, 0.05) is 44.8 Å².